The number of fused-ring (bicyclic) bond motifs is 1. The summed E-state index contributed by atoms with van der Waals surface area (Å²) in [7, 11) is 0. The predicted octanol–water partition coefficient (Wildman–Crippen LogP) is 2.25. The predicted molar refractivity (Wildman–Crippen MR) is 53.0 cm³/mol. The van der Waals surface area contributed by atoms with Crippen LogP contribution < -0.4 is 0 Å². The number of hydrogen-bond donors (Lipinski definition) is 1. The third kappa shape index (κ3) is 0.985. The minimum Gasteiger partial charge on any atom is -0.374 e. The summed E-state index contributed by atoms with van der Waals surface area (Å²) in [6.45, 7) is 4.11. The van der Waals surface area contributed by atoms with E-state index in [4.69, 9.17) is 0 Å². The van der Waals surface area contributed by atoms with E-state index >= 15 is 0 Å². The Labute approximate surface area is 76.9 Å². The second-order valence-electron chi connectivity index (χ2n) is 3.53. The van der Waals surface area contributed by atoms with Gasteiger partial charge in [-0.3, -0.25) is 0 Å². The molecular formula is C10H12OS. The van der Waals surface area contributed by atoms with Crippen molar-refractivity contribution in [2.24, 2.45) is 0 Å². The van der Waals surface area contributed by atoms with Gasteiger partial charge < -0.3 is 5.11 Å². The molecule has 0 spiro atoms. The molecule has 0 amide bonds. The molecule has 0 saturated carbocycles. The van der Waals surface area contributed by atoms with Crippen LogP contribution in [0.3, 0.4) is 0 Å². The van der Waals surface area contributed by atoms with Crippen molar-refractivity contribution in [1.82, 2.24) is 0 Å². The van der Waals surface area contributed by atoms with Crippen molar-refractivity contribution in [3.63, 3.8) is 0 Å². The standard InChI is InChI=1S/C10H12OS/c1-8(2)7-9-5-3-4-6-10(9,11)12-9/h3-7,11H,1-2H3. The van der Waals surface area contributed by atoms with Gasteiger partial charge in [-0.15, -0.1) is 11.8 Å². The molecule has 2 unspecified atom stereocenters. The molecule has 0 bridgehead atoms. The van der Waals surface area contributed by atoms with E-state index in [-0.39, 0.29) is 4.75 Å². The van der Waals surface area contributed by atoms with E-state index in [0.29, 0.717) is 0 Å². The zero-order valence-electron chi connectivity index (χ0n) is 7.24. The number of thioether (sulfide) groups is 1. The van der Waals surface area contributed by atoms with Crippen LogP contribution in [-0.2, 0) is 0 Å². The van der Waals surface area contributed by atoms with Gasteiger partial charge in [-0.2, -0.15) is 0 Å². The fraction of sp³-hybridized carbons (Fsp3) is 0.400. The van der Waals surface area contributed by atoms with Crippen molar-refractivity contribution in [1.29, 1.82) is 0 Å². The first kappa shape index (κ1) is 8.14. The largest absolute Gasteiger partial charge is 0.374 e. The van der Waals surface area contributed by atoms with Crippen molar-refractivity contribution in [3.05, 3.63) is 36.0 Å². The molecule has 64 valence electrons. The highest BCUT2D eigenvalue weighted by molar-refractivity contribution is 8.10. The second-order valence-corrected chi connectivity index (χ2v) is 5.03. The summed E-state index contributed by atoms with van der Waals surface area (Å²) in [6.07, 6.45) is 9.93. The maximum atomic E-state index is 9.93. The normalized spacial score (nSPS) is 42.2. The smallest absolute Gasteiger partial charge is 0.152 e. The summed E-state index contributed by atoms with van der Waals surface area (Å²) < 4.78 is -0.152. The van der Waals surface area contributed by atoms with Crippen molar-refractivity contribution >= 4 is 11.8 Å². The van der Waals surface area contributed by atoms with Crippen molar-refractivity contribution in [2.75, 3.05) is 0 Å². The van der Waals surface area contributed by atoms with E-state index in [1.54, 1.807) is 11.8 Å². The molecule has 2 rings (SSSR count). The highest BCUT2D eigenvalue weighted by Gasteiger charge is 2.64. The molecule has 1 saturated heterocycles. The highest BCUT2D eigenvalue weighted by atomic mass is 32.2. The molecule has 1 heterocycles. The summed E-state index contributed by atoms with van der Waals surface area (Å²) in [5.41, 5.74) is 1.25. The molecule has 1 N–H and O–H groups in total. The van der Waals surface area contributed by atoms with Crippen LogP contribution in [0.4, 0.5) is 0 Å². The Hall–Kier alpha value is -0.470. The van der Waals surface area contributed by atoms with Crippen LogP contribution in [0.2, 0.25) is 0 Å². The lowest BCUT2D eigenvalue weighted by atomic mass is 9.96. The number of aliphatic hydroxyl groups is 1. The van der Waals surface area contributed by atoms with E-state index in [1.165, 1.54) is 5.57 Å². The van der Waals surface area contributed by atoms with Gasteiger partial charge in [0.25, 0.3) is 0 Å². The van der Waals surface area contributed by atoms with E-state index in [1.807, 2.05) is 18.2 Å². The van der Waals surface area contributed by atoms with Crippen LogP contribution in [0.15, 0.2) is 36.0 Å². The lowest BCUT2D eigenvalue weighted by molar-refractivity contribution is 0.212. The third-order valence-electron chi connectivity index (χ3n) is 2.12. The summed E-state index contributed by atoms with van der Waals surface area (Å²) in [5.74, 6) is 0. The molecule has 0 aromatic heterocycles. The van der Waals surface area contributed by atoms with Crippen LogP contribution in [0.25, 0.3) is 0 Å². The number of rotatable bonds is 1. The van der Waals surface area contributed by atoms with E-state index in [0.717, 1.165) is 0 Å². The third-order valence-corrected chi connectivity index (χ3v) is 3.61. The van der Waals surface area contributed by atoms with E-state index < -0.39 is 4.93 Å². The first-order valence-corrected chi connectivity index (χ1v) is 4.85. The minimum atomic E-state index is -0.654. The molecule has 1 aliphatic heterocycles. The number of allylic oxidation sites excluding steroid dienone is 3. The fourth-order valence-electron chi connectivity index (χ4n) is 1.54. The Morgan fingerprint density at radius 3 is 2.58 bits per heavy atom. The summed E-state index contributed by atoms with van der Waals surface area (Å²) in [4.78, 5) is -0.654. The van der Waals surface area contributed by atoms with Crippen LogP contribution in [-0.4, -0.2) is 14.8 Å². The molecule has 2 heteroatoms. The van der Waals surface area contributed by atoms with Gasteiger partial charge in [0, 0.05) is 0 Å². The summed E-state index contributed by atoms with van der Waals surface area (Å²) in [5, 5.41) is 9.93. The first-order valence-electron chi connectivity index (χ1n) is 4.04. The fourth-order valence-corrected chi connectivity index (χ4v) is 2.79. The molecule has 12 heavy (non-hydrogen) atoms. The van der Waals surface area contributed by atoms with Gasteiger partial charge in [0.2, 0.25) is 0 Å². The first-order chi connectivity index (χ1) is 5.58. The van der Waals surface area contributed by atoms with E-state index in [9.17, 15) is 5.11 Å². The Balaban J connectivity index is 2.33. The molecule has 2 aliphatic rings. The van der Waals surface area contributed by atoms with Crippen LogP contribution in [0.5, 0.6) is 0 Å². The van der Waals surface area contributed by atoms with Gasteiger partial charge >= 0.3 is 0 Å². The zero-order chi connectivity index (χ0) is 8.82. The number of hydrogen-bond acceptors (Lipinski definition) is 2. The summed E-state index contributed by atoms with van der Waals surface area (Å²) in [6, 6.07) is 0. The highest BCUT2D eigenvalue weighted by Crippen LogP contribution is 2.66. The summed E-state index contributed by atoms with van der Waals surface area (Å²) >= 11 is 1.58. The second kappa shape index (κ2) is 2.27. The van der Waals surface area contributed by atoms with Gasteiger partial charge in [0.1, 0.15) is 0 Å². The topological polar surface area (TPSA) is 20.2 Å². The maximum absolute atomic E-state index is 9.93. The Kier molecular flexibility index (Phi) is 1.54. The zero-order valence-corrected chi connectivity index (χ0v) is 8.06. The molecular weight excluding hydrogens is 168 g/mol. The van der Waals surface area contributed by atoms with Crippen molar-refractivity contribution in [2.45, 2.75) is 23.5 Å². The minimum absolute atomic E-state index is 0.152. The molecule has 2 atom stereocenters. The van der Waals surface area contributed by atoms with Crippen molar-refractivity contribution < 1.29 is 5.11 Å². The van der Waals surface area contributed by atoms with Gasteiger partial charge in [0.15, 0.2) is 4.93 Å². The SMILES string of the molecule is CC(C)=CC12C=CC=CC1(O)S2. The average Bonchev–Trinajstić information content (AvgIpc) is 2.53. The molecule has 0 radical (unpaired) electrons. The quantitative estimate of drug-likeness (QED) is 0.493. The van der Waals surface area contributed by atoms with Crippen molar-refractivity contribution in [3.8, 4) is 0 Å². The Bertz CT molecular complexity index is 299. The van der Waals surface area contributed by atoms with Crippen LogP contribution in [0.1, 0.15) is 13.8 Å². The maximum Gasteiger partial charge on any atom is 0.152 e. The molecule has 1 aliphatic carbocycles. The van der Waals surface area contributed by atoms with Gasteiger partial charge in [0.05, 0.1) is 4.75 Å². The Morgan fingerprint density at radius 1 is 1.33 bits per heavy atom. The lowest BCUT2D eigenvalue weighted by Gasteiger charge is -2.11. The molecule has 1 fully saturated rings. The lowest BCUT2D eigenvalue weighted by Crippen LogP contribution is -2.21. The van der Waals surface area contributed by atoms with Crippen LogP contribution in [0, 0.1) is 0 Å². The average molecular weight is 180 g/mol. The molecule has 1 nitrogen and oxygen atoms in total. The Morgan fingerprint density at radius 2 is 2.00 bits per heavy atom. The monoisotopic (exact) mass is 180 g/mol. The van der Waals surface area contributed by atoms with Gasteiger partial charge in [-0.25, -0.2) is 0 Å². The molecule has 0 aromatic rings. The molecule has 0 aromatic carbocycles. The van der Waals surface area contributed by atoms with Crippen LogP contribution >= 0.6 is 11.8 Å². The van der Waals surface area contributed by atoms with Gasteiger partial charge in [-0.1, -0.05) is 29.9 Å². The van der Waals surface area contributed by atoms with Gasteiger partial charge in [-0.05, 0) is 19.9 Å². The van der Waals surface area contributed by atoms with E-state index in [2.05, 4.69) is 26.0 Å².